The second-order valence-electron chi connectivity index (χ2n) is 3.87. The van der Waals surface area contributed by atoms with Crippen LogP contribution in [0.25, 0.3) is 0 Å². The van der Waals surface area contributed by atoms with E-state index < -0.39 is 12.0 Å². The first-order chi connectivity index (χ1) is 9.56. The predicted molar refractivity (Wildman–Crippen MR) is 79.0 cm³/mol. The molecule has 2 amide bonds. The lowest BCUT2D eigenvalue weighted by atomic mass is 10.2. The summed E-state index contributed by atoms with van der Waals surface area (Å²) in [4.78, 5) is 22.6. The van der Waals surface area contributed by atoms with E-state index >= 15 is 0 Å². The molecule has 2 rings (SSSR count). The van der Waals surface area contributed by atoms with Crippen molar-refractivity contribution in [2.45, 2.75) is 0 Å². The third-order valence-electron chi connectivity index (χ3n) is 2.42. The van der Waals surface area contributed by atoms with Crippen molar-refractivity contribution < 1.29 is 14.7 Å². The third kappa shape index (κ3) is 3.58. The van der Waals surface area contributed by atoms with Crippen LogP contribution in [0.3, 0.4) is 0 Å². The standard InChI is InChI=1S/C14H10BrN2O3/c15-11-6-1-2-7-12(11)17-14(20)16-10-5-3-4-9(8-10)13(18)19/h1-2,4-8H,(H,18,19)(H2,16,17,20). The first-order valence-corrected chi connectivity index (χ1v) is 6.42. The summed E-state index contributed by atoms with van der Waals surface area (Å²) in [6, 6.07) is 13.5. The molecule has 0 unspecified atom stereocenters. The maximum atomic E-state index is 11.8. The van der Waals surface area contributed by atoms with Crippen LogP contribution in [0.15, 0.2) is 46.9 Å². The average molecular weight is 334 g/mol. The van der Waals surface area contributed by atoms with Gasteiger partial charge in [0.25, 0.3) is 0 Å². The number of carboxylic acid groups (broad SMARTS) is 1. The molecular formula is C14H10BrN2O3. The largest absolute Gasteiger partial charge is 0.478 e. The summed E-state index contributed by atoms with van der Waals surface area (Å²) in [6.07, 6.45) is 0. The molecule has 5 nitrogen and oxygen atoms in total. The van der Waals surface area contributed by atoms with Gasteiger partial charge in [-0.2, -0.15) is 0 Å². The summed E-state index contributed by atoms with van der Waals surface area (Å²) in [6.45, 7) is 0. The van der Waals surface area contributed by atoms with Crippen LogP contribution < -0.4 is 10.6 Å². The number of benzene rings is 2. The number of halogens is 1. The minimum Gasteiger partial charge on any atom is -0.478 e. The molecule has 0 atom stereocenters. The van der Waals surface area contributed by atoms with Crippen molar-refractivity contribution in [1.29, 1.82) is 0 Å². The van der Waals surface area contributed by atoms with Gasteiger partial charge in [-0.05, 0) is 52.3 Å². The smallest absolute Gasteiger partial charge is 0.335 e. The zero-order valence-corrected chi connectivity index (χ0v) is 11.8. The van der Waals surface area contributed by atoms with E-state index in [9.17, 15) is 9.59 Å². The molecule has 0 aliphatic rings. The number of aromatic carboxylic acids is 1. The summed E-state index contributed by atoms with van der Waals surface area (Å²) < 4.78 is 0.751. The molecule has 0 bridgehead atoms. The fourth-order valence-corrected chi connectivity index (χ4v) is 1.90. The Hall–Kier alpha value is -2.34. The summed E-state index contributed by atoms with van der Waals surface area (Å²) in [7, 11) is 0. The monoisotopic (exact) mass is 333 g/mol. The van der Waals surface area contributed by atoms with Crippen molar-refractivity contribution in [1.82, 2.24) is 0 Å². The molecule has 3 N–H and O–H groups in total. The van der Waals surface area contributed by atoms with E-state index in [4.69, 9.17) is 5.11 Å². The molecule has 0 aromatic heterocycles. The lowest BCUT2D eigenvalue weighted by Gasteiger charge is -2.09. The van der Waals surface area contributed by atoms with E-state index in [1.807, 2.05) is 6.07 Å². The first kappa shape index (κ1) is 14.1. The summed E-state index contributed by atoms with van der Waals surface area (Å²) in [5, 5.41) is 14.1. The molecular weight excluding hydrogens is 324 g/mol. The van der Waals surface area contributed by atoms with Crippen molar-refractivity contribution in [3.8, 4) is 0 Å². The number of carboxylic acids is 1. The summed E-state index contributed by atoms with van der Waals surface area (Å²) in [5.41, 5.74) is 1.03. The fraction of sp³-hybridized carbons (Fsp3) is 0. The molecule has 0 spiro atoms. The van der Waals surface area contributed by atoms with Gasteiger partial charge >= 0.3 is 12.0 Å². The van der Waals surface area contributed by atoms with Crippen LogP contribution in [-0.2, 0) is 0 Å². The maximum absolute atomic E-state index is 11.8. The van der Waals surface area contributed by atoms with Crippen LogP contribution in [0.2, 0.25) is 0 Å². The van der Waals surface area contributed by atoms with E-state index in [1.54, 1.807) is 18.2 Å². The minimum atomic E-state index is -1.07. The quantitative estimate of drug-likeness (QED) is 0.803. The third-order valence-corrected chi connectivity index (χ3v) is 3.11. The Labute approximate surface area is 123 Å². The molecule has 6 heteroatoms. The molecule has 0 heterocycles. The van der Waals surface area contributed by atoms with Gasteiger partial charge in [0.2, 0.25) is 0 Å². The molecule has 0 fully saturated rings. The fourth-order valence-electron chi connectivity index (χ4n) is 1.51. The van der Waals surface area contributed by atoms with Gasteiger partial charge < -0.3 is 15.7 Å². The van der Waals surface area contributed by atoms with Gasteiger partial charge in [-0.25, -0.2) is 9.59 Å². The van der Waals surface area contributed by atoms with Crippen LogP contribution >= 0.6 is 15.9 Å². The second kappa shape index (κ2) is 6.21. The number of carbonyl (C=O) groups is 2. The van der Waals surface area contributed by atoms with Gasteiger partial charge in [0.1, 0.15) is 0 Å². The van der Waals surface area contributed by atoms with E-state index in [-0.39, 0.29) is 5.56 Å². The average Bonchev–Trinajstić information content (AvgIpc) is 2.41. The number of nitrogens with one attached hydrogen (secondary N) is 2. The number of rotatable bonds is 3. The zero-order chi connectivity index (χ0) is 14.5. The van der Waals surface area contributed by atoms with Gasteiger partial charge in [-0.3, -0.25) is 0 Å². The summed E-state index contributed by atoms with van der Waals surface area (Å²) in [5.74, 6) is -1.07. The molecule has 101 valence electrons. The van der Waals surface area contributed by atoms with Crippen molar-refractivity contribution in [3.63, 3.8) is 0 Å². The first-order valence-electron chi connectivity index (χ1n) is 5.63. The van der Waals surface area contributed by atoms with Crippen LogP contribution in [0.4, 0.5) is 16.2 Å². The lowest BCUT2D eigenvalue weighted by Crippen LogP contribution is -2.19. The van der Waals surface area contributed by atoms with Crippen LogP contribution in [0, 0.1) is 6.07 Å². The van der Waals surface area contributed by atoms with Gasteiger partial charge in [-0.1, -0.05) is 12.1 Å². The Balaban J connectivity index is 2.07. The molecule has 1 radical (unpaired) electrons. The SMILES string of the molecule is O=C(Nc1c[c]cc(C(=O)O)c1)Nc1ccccc1Br. The van der Waals surface area contributed by atoms with Gasteiger partial charge in [0.05, 0.1) is 11.3 Å². The molecule has 2 aromatic carbocycles. The topological polar surface area (TPSA) is 78.4 Å². The van der Waals surface area contributed by atoms with E-state index in [2.05, 4.69) is 32.6 Å². The van der Waals surface area contributed by atoms with E-state index in [0.29, 0.717) is 11.4 Å². The number of anilines is 2. The number of para-hydroxylation sites is 1. The van der Waals surface area contributed by atoms with Crippen molar-refractivity contribution >= 4 is 39.3 Å². The minimum absolute atomic E-state index is 0.0590. The number of carbonyl (C=O) groups excluding carboxylic acids is 1. The maximum Gasteiger partial charge on any atom is 0.335 e. The van der Waals surface area contributed by atoms with Gasteiger partial charge in [0.15, 0.2) is 0 Å². The van der Waals surface area contributed by atoms with Crippen LogP contribution in [0.5, 0.6) is 0 Å². The highest BCUT2D eigenvalue weighted by Gasteiger charge is 2.07. The number of hydrogen-bond acceptors (Lipinski definition) is 2. The molecule has 0 saturated carbocycles. The van der Waals surface area contributed by atoms with Crippen molar-refractivity contribution in [3.05, 3.63) is 58.6 Å². The van der Waals surface area contributed by atoms with Gasteiger partial charge in [0, 0.05) is 10.2 Å². The summed E-state index contributed by atoms with van der Waals surface area (Å²) >= 11 is 3.31. The van der Waals surface area contributed by atoms with Crippen molar-refractivity contribution in [2.75, 3.05) is 10.6 Å². The van der Waals surface area contributed by atoms with Crippen LogP contribution in [-0.4, -0.2) is 17.1 Å². The highest BCUT2D eigenvalue weighted by Crippen LogP contribution is 2.21. The highest BCUT2D eigenvalue weighted by molar-refractivity contribution is 9.10. The van der Waals surface area contributed by atoms with E-state index in [0.717, 1.165) is 4.47 Å². The van der Waals surface area contributed by atoms with E-state index in [1.165, 1.54) is 18.2 Å². The molecule has 0 aliphatic carbocycles. The lowest BCUT2D eigenvalue weighted by molar-refractivity contribution is 0.0697. The molecule has 0 saturated heterocycles. The number of hydrogen-bond donors (Lipinski definition) is 3. The molecule has 20 heavy (non-hydrogen) atoms. The van der Waals surface area contributed by atoms with Crippen molar-refractivity contribution in [2.24, 2.45) is 0 Å². The predicted octanol–water partition coefficient (Wildman–Crippen LogP) is 3.59. The Morgan fingerprint density at radius 2 is 1.90 bits per heavy atom. The number of urea groups is 1. The second-order valence-corrected chi connectivity index (χ2v) is 4.73. The Kier molecular flexibility index (Phi) is 4.37. The number of amides is 2. The highest BCUT2D eigenvalue weighted by atomic mass is 79.9. The Morgan fingerprint density at radius 1 is 1.15 bits per heavy atom. The Morgan fingerprint density at radius 3 is 2.60 bits per heavy atom. The molecule has 0 aliphatic heterocycles. The van der Waals surface area contributed by atoms with Crippen LogP contribution in [0.1, 0.15) is 10.4 Å². The Bertz CT molecular complexity index is 658. The normalized spacial score (nSPS) is 9.85. The molecule has 2 aromatic rings. The zero-order valence-electron chi connectivity index (χ0n) is 10.2. The van der Waals surface area contributed by atoms with Gasteiger partial charge in [-0.15, -0.1) is 0 Å².